The van der Waals surface area contributed by atoms with Crippen molar-refractivity contribution in [3.8, 4) is 22.6 Å². The summed E-state index contributed by atoms with van der Waals surface area (Å²) in [5, 5.41) is 12.6. The van der Waals surface area contributed by atoms with Crippen LogP contribution in [0.3, 0.4) is 0 Å². The summed E-state index contributed by atoms with van der Waals surface area (Å²) in [5.74, 6) is 2.04. The number of anilines is 2. The first-order valence-electron chi connectivity index (χ1n) is 11.8. The number of fused-ring (bicyclic) bond motifs is 1. The second-order valence-electron chi connectivity index (χ2n) is 8.69. The largest absolute Gasteiger partial charge is 0.496 e. The minimum absolute atomic E-state index is 0.441. The van der Waals surface area contributed by atoms with Gasteiger partial charge in [0.25, 0.3) is 0 Å². The van der Waals surface area contributed by atoms with Gasteiger partial charge in [-0.1, -0.05) is 11.6 Å². The molecule has 4 aromatic rings. The Bertz CT molecular complexity index is 1320. The topological polar surface area (TPSA) is 72.4 Å². The van der Waals surface area contributed by atoms with Gasteiger partial charge in [0.05, 0.1) is 12.6 Å². The molecule has 0 amide bonds. The molecular weight excluding hydrogens is 462 g/mol. The second kappa shape index (κ2) is 10.5. The van der Waals surface area contributed by atoms with Gasteiger partial charge < -0.3 is 14.8 Å². The van der Waals surface area contributed by atoms with Gasteiger partial charge in [0, 0.05) is 22.8 Å². The molecule has 0 saturated carbocycles. The number of aryl methyl sites for hydroxylation is 1. The Morgan fingerprint density at radius 1 is 1.00 bits per heavy atom. The van der Waals surface area contributed by atoms with Gasteiger partial charge in [-0.3, -0.25) is 4.90 Å². The first-order chi connectivity index (χ1) is 17.1. The van der Waals surface area contributed by atoms with E-state index in [2.05, 4.69) is 26.5 Å². The monoisotopic (exact) mass is 489 g/mol. The van der Waals surface area contributed by atoms with E-state index in [9.17, 15) is 0 Å². The van der Waals surface area contributed by atoms with Crippen molar-refractivity contribution >= 4 is 34.3 Å². The van der Waals surface area contributed by atoms with Gasteiger partial charge in [0.2, 0.25) is 5.95 Å². The zero-order valence-corrected chi connectivity index (χ0v) is 20.7. The maximum Gasteiger partial charge on any atom is 0.247 e. The molecule has 1 aliphatic heterocycles. The third-order valence-corrected chi connectivity index (χ3v) is 6.44. The lowest BCUT2D eigenvalue weighted by atomic mass is 10.0. The van der Waals surface area contributed by atoms with Crippen molar-refractivity contribution in [2.24, 2.45) is 0 Å². The SMILES string of the molecule is COc1ccc(Cl)cc1-c1cc(C)c2nc(Nc3ccc(OCCN4CCCC4)cc3)nnc2c1. The lowest BCUT2D eigenvalue weighted by Gasteiger charge is -2.15. The summed E-state index contributed by atoms with van der Waals surface area (Å²) < 4.78 is 11.4. The summed E-state index contributed by atoms with van der Waals surface area (Å²) in [6.45, 7) is 6.05. The van der Waals surface area contributed by atoms with Crippen LogP contribution in [0.25, 0.3) is 22.2 Å². The average Bonchev–Trinajstić information content (AvgIpc) is 3.39. The van der Waals surface area contributed by atoms with Crippen molar-refractivity contribution in [3.63, 3.8) is 0 Å². The lowest BCUT2D eigenvalue weighted by Crippen LogP contribution is -2.25. The molecule has 0 spiro atoms. The number of likely N-dealkylation sites (tertiary alicyclic amines) is 1. The number of halogens is 1. The van der Waals surface area contributed by atoms with E-state index < -0.39 is 0 Å². The molecule has 8 heteroatoms. The van der Waals surface area contributed by atoms with Crippen LogP contribution in [0.2, 0.25) is 5.02 Å². The third kappa shape index (κ3) is 5.47. The van der Waals surface area contributed by atoms with Crippen LogP contribution in [0.4, 0.5) is 11.6 Å². The number of nitrogens with zero attached hydrogens (tertiary/aromatic N) is 4. The van der Waals surface area contributed by atoms with E-state index in [4.69, 9.17) is 26.1 Å². The quantitative estimate of drug-likeness (QED) is 0.331. The zero-order chi connectivity index (χ0) is 24.2. The highest BCUT2D eigenvalue weighted by molar-refractivity contribution is 6.31. The number of nitrogens with one attached hydrogen (secondary N) is 1. The van der Waals surface area contributed by atoms with Crippen LogP contribution in [0, 0.1) is 6.92 Å². The Kier molecular flexibility index (Phi) is 6.97. The van der Waals surface area contributed by atoms with Gasteiger partial charge in [-0.15, -0.1) is 10.2 Å². The third-order valence-electron chi connectivity index (χ3n) is 6.21. The normalized spacial score (nSPS) is 13.8. The molecule has 1 aliphatic rings. The predicted molar refractivity (Wildman–Crippen MR) is 140 cm³/mol. The highest BCUT2D eigenvalue weighted by Crippen LogP contribution is 2.34. The van der Waals surface area contributed by atoms with E-state index in [0.717, 1.165) is 45.9 Å². The highest BCUT2D eigenvalue weighted by Gasteiger charge is 2.13. The summed E-state index contributed by atoms with van der Waals surface area (Å²) in [6, 6.07) is 17.4. The summed E-state index contributed by atoms with van der Waals surface area (Å²) in [5.41, 5.74) is 5.20. The molecule has 35 heavy (non-hydrogen) atoms. The van der Waals surface area contributed by atoms with Gasteiger partial charge in [-0.2, -0.15) is 0 Å². The molecule has 180 valence electrons. The Morgan fingerprint density at radius 2 is 1.80 bits per heavy atom. The summed E-state index contributed by atoms with van der Waals surface area (Å²) >= 11 is 6.23. The van der Waals surface area contributed by atoms with Crippen molar-refractivity contribution < 1.29 is 9.47 Å². The molecule has 0 atom stereocenters. The average molecular weight is 490 g/mol. The van der Waals surface area contributed by atoms with Gasteiger partial charge in [0.1, 0.15) is 23.6 Å². The molecular formula is C27H28ClN5O2. The Morgan fingerprint density at radius 3 is 2.57 bits per heavy atom. The van der Waals surface area contributed by atoms with E-state index >= 15 is 0 Å². The maximum atomic E-state index is 6.23. The van der Waals surface area contributed by atoms with Gasteiger partial charge in [-0.05, 0) is 98.6 Å². The molecule has 1 N–H and O–H groups in total. The molecule has 0 unspecified atom stereocenters. The number of hydrogen-bond donors (Lipinski definition) is 1. The fraction of sp³-hybridized carbons (Fsp3) is 0.296. The summed E-state index contributed by atoms with van der Waals surface area (Å²) in [4.78, 5) is 7.14. The van der Waals surface area contributed by atoms with E-state index in [1.807, 2.05) is 55.5 Å². The van der Waals surface area contributed by atoms with E-state index in [1.54, 1.807) is 7.11 Å². The molecule has 5 rings (SSSR count). The molecule has 7 nitrogen and oxygen atoms in total. The highest BCUT2D eigenvalue weighted by atomic mass is 35.5. The lowest BCUT2D eigenvalue weighted by molar-refractivity contribution is 0.238. The van der Waals surface area contributed by atoms with E-state index in [0.29, 0.717) is 23.1 Å². The predicted octanol–water partition coefficient (Wildman–Crippen LogP) is 5.88. The molecule has 0 aliphatic carbocycles. The molecule has 0 bridgehead atoms. The van der Waals surface area contributed by atoms with Crippen LogP contribution < -0.4 is 14.8 Å². The Balaban J connectivity index is 1.29. The fourth-order valence-electron chi connectivity index (χ4n) is 4.39. The van der Waals surface area contributed by atoms with Crippen LogP contribution in [0.1, 0.15) is 18.4 Å². The maximum absolute atomic E-state index is 6.23. The van der Waals surface area contributed by atoms with Crippen LogP contribution in [-0.4, -0.2) is 53.4 Å². The smallest absolute Gasteiger partial charge is 0.247 e. The number of hydrogen-bond acceptors (Lipinski definition) is 7. The van der Waals surface area contributed by atoms with Crippen molar-refractivity contribution in [2.45, 2.75) is 19.8 Å². The molecule has 1 saturated heterocycles. The van der Waals surface area contributed by atoms with Crippen LogP contribution >= 0.6 is 11.6 Å². The van der Waals surface area contributed by atoms with E-state index in [1.165, 1.54) is 25.9 Å². The standard InChI is InChI=1S/C27H28ClN5O2/c1-18-15-19(23-17-20(28)5-10-25(23)34-2)16-24-26(18)30-27(32-31-24)29-21-6-8-22(9-7-21)35-14-13-33-11-3-4-12-33/h5-10,15-17H,3-4,11-14H2,1-2H3,(H,29,30,32). The van der Waals surface area contributed by atoms with Gasteiger partial charge >= 0.3 is 0 Å². The van der Waals surface area contributed by atoms with Crippen molar-refractivity contribution in [2.75, 3.05) is 38.7 Å². The minimum atomic E-state index is 0.441. The second-order valence-corrected chi connectivity index (χ2v) is 9.12. The van der Waals surface area contributed by atoms with Crippen LogP contribution in [-0.2, 0) is 0 Å². The molecule has 1 aromatic heterocycles. The van der Waals surface area contributed by atoms with Crippen molar-refractivity contribution in [1.29, 1.82) is 0 Å². The number of benzene rings is 3. The minimum Gasteiger partial charge on any atom is -0.496 e. The molecule has 2 heterocycles. The Hall–Kier alpha value is -3.42. The molecule has 3 aromatic carbocycles. The number of methoxy groups -OCH3 is 1. The van der Waals surface area contributed by atoms with Crippen molar-refractivity contribution in [3.05, 3.63) is 65.2 Å². The Labute approximate surface area is 210 Å². The first-order valence-corrected chi connectivity index (χ1v) is 12.2. The van der Waals surface area contributed by atoms with E-state index in [-0.39, 0.29) is 0 Å². The van der Waals surface area contributed by atoms with Crippen molar-refractivity contribution in [1.82, 2.24) is 20.1 Å². The van der Waals surface area contributed by atoms with Crippen LogP contribution in [0.5, 0.6) is 11.5 Å². The fourth-order valence-corrected chi connectivity index (χ4v) is 4.56. The molecule has 0 radical (unpaired) electrons. The zero-order valence-electron chi connectivity index (χ0n) is 19.9. The van der Waals surface area contributed by atoms with Gasteiger partial charge in [0.15, 0.2) is 0 Å². The van der Waals surface area contributed by atoms with Crippen LogP contribution in [0.15, 0.2) is 54.6 Å². The number of rotatable bonds is 8. The first kappa shape index (κ1) is 23.3. The summed E-state index contributed by atoms with van der Waals surface area (Å²) in [6.07, 6.45) is 2.59. The molecule has 1 fully saturated rings. The summed E-state index contributed by atoms with van der Waals surface area (Å²) in [7, 11) is 1.65. The van der Waals surface area contributed by atoms with Gasteiger partial charge in [-0.25, -0.2) is 4.98 Å². The number of aromatic nitrogens is 3. The number of ether oxygens (including phenoxy) is 2.